The summed E-state index contributed by atoms with van der Waals surface area (Å²) in [4.78, 5) is 9.02. The highest BCUT2D eigenvalue weighted by Gasteiger charge is 2.06. The fourth-order valence-electron chi connectivity index (χ4n) is 3.71. The zero-order valence-electron chi connectivity index (χ0n) is 20.5. The fourth-order valence-corrected chi connectivity index (χ4v) is 3.71. The number of hydrogen-bond donors (Lipinski definition) is 0. The molecule has 0 saturated heterocycles. The van der Waals surface area contributed by atoms with Crippen LogP contribution in [0.25, 0.3) is 22.5 Å². The van der Waals surface area contributed by atoms with Crippen LogP contribution in [-0.4, -0.2) is 29.4 Å². The van der Waals surface area contributed by atoms with Gasteiger partial charge >= 0.3 is 0 Å². The summed E-state index contributed by atoms with van der Waals surface area (Å²) in [6.45, 7) is 4.55. The average molecular weight is 465 g/mol. The summed E-state index contributed by atoms with van der Waals surface area (Å²) in [6, 6.07) is 15.5. The molecule has 2 aromatic carbocycles. The summed E-state index contributed by atoms with van der Waals surface area (Å²) in [7, 11) is 0. The van der Waals surface area contributed by atoms with Crippen molar-refractivity contribution in [1.29, 1.82) is 0 Å². The molecule has 0 aliphatic carbocycles. The van der Waals surface area contributed by atoms with Crippen LogP contribution in [0.3, 0.4) is 0 Å². The largest absolute Gasteiger partial charge is 0.494 e. The first-order chi connectivity index (χ1) is 16.7. The third-order valence-corrected chi connectivity index (χ3v) is 5.70. The molecule has 0 aliphatic heterocycles. The van der Waals surface area contributed by atoms with Crippen LogP contribution >= 0.6 is 0 Å². The second-order valence-electron chi connectivity index (χ2n) is 8.76. The third kappa shape index (κ3) is 8.77. The Morgan fingerprint density at radius 2 is 1.21 bits per heavy atom. The second-order valence-corrected chi connectivity index (χ2v) is 8.76. The van der Waals surface area contributed by atoms with Crippen molar-refractivity contribution in [3.05, 3.63) is 60.9 Å². The molecule has 1 heterocycles. The summed E-state index contributed by atoms with van der Waals surface area (Å²) in [5.41, 5.74) is 2.89. The van der Waals surface area contributed by atoms with E-state index in [1.54, 1.807) is 12.1 Å². The summed E-state index contributed by atoms with van der Waals surface area (Å²) < 4.78 is 24.2. The molecule has 3 aromatic rings. The van der Waals surface area contributed by atoms with Gasteiger partial charge in [0.25, 0.3) is 0 Å². The standard InChI is InChI=1S/C29H37FN2O2/c1-3-4-5-6-7-8-9-10-19-33-27-15-11-24(12-16-27)26-20-31-29(32-21-26)25-13-17-28(18-14-25)34-22-23(2)30/h11-18,20-21,23H,3-10,19,22H2,1-2H3. The minimum atomic E-state index is -0.994. The summed E-state index contributed by atoms with van der Waals surface area (Å²) >= 11 is 0. The van der Waals surface area contributed by atoms with Gasteiger partial charge in [-0.3, -0.25) is 0 Å². The Labute approximate surface area is 203 Å². The number of hydrogen-bond acceptors (Lipinski definition) is 4. The van der Waals surface area contributed by atoms with Crippen molar-refractivity contribution in [1.82, 2.24) is 9.97 Å². The zero-order chi connectivity index (χ0) is 24.0. The SMILES string of the molecule is CCCCCCCCCCOc1ccc(-c2cnc(-c3ccc(OCC(C)F)cc3)nc2)cc1. The van der Waals surface area contributed by atoms with E-state index in [0.717, 1.165) is 35.5 Å². The van der Waals surface area contributed by atoms with Crippen molar-refractivity contribution in [3.8, 4) is 34.0 Å². The van der Waals surface area contributed by atoms with E-state index >= 15 is 0 Å². The van der Waals surface area contributed by atoms with Crippen molar-refractivity contribution in [2.45, 2.75) is 71.4 Å². The van der Waals surface area contributed by atoms with Gasteiger partial charge in [0.15, 0.2) is 5.82 Å². The molecule has 1 aromatic heterocycles. The molecule has 0 amide bonds. The Morgan fingerprint density at radius 3 is 1.79 bits per heavy atom. The Hall–Kier alpha value is -2.95. The Bertz CT molecular complexity index is 941. The molecule has 1 atom stereocenters. The molecule has 0 saturated carbocycles. The number of alkyl halides is 1. The highest BCUT2D eigenvalue weighted by molar-refractivity contribution is 5.64. The fraction of sp³-hybridized carbons (Fsp3) is 0.448. The number of unbranched alkanes of at least 4 members (excludes halogenated alkanes) is 7. The van der Waals surface area contributed by atoms with Gasteiger partial charge in [-0.15, -0.1) is 0 Å². The van der Waals surface area contributed by atoms with Gasteiger partial charge in [0.1, 0.15) is 24.3 Å². The number of ether oxygens (including phenoxy) is 2. The number of nitrogens with zero attached hydrogens (tertiary/aromatic N) is 2. The summed E-state index contributed by atoms with van der Waals surface area (Å²) in [6.07, 6.45) is 13.1. The second kappa shape index (κ2) is 14.3. The van der Waals surface area contributed by atoms with Crippen molar-refractivity contribution in [2.24, 2.45) is 0 Å². The van der Waals surface area contributed by atoms with Crippen molar-refractivity contribution in [3.63, 3.8) is 0 Å². The van der Waals surface area contributed by atoms with E-state index in [-0.39, 0.29) is 6.61 Å². The normalized spacial score (nSPS) is 11.9. The maximum atomic E-state index is 12.9. The summed E-state index contributed by atoms with van der Waals surface area (Å²) in [5, 5.41) is 0. The van der Waals surface area contributed by atoms with Crippen LogP contribution < -0.4 is 9.47 Å². The quantitative estimate of drug-likeness (QED) is 0.213. The minimum absolute atomic E-state index is 0.0492. The topological polar surface area (TPSA) is 44.2 Å². The van der Waals surface area contributed by atoms with E-state index in [1.807, 2.05) is 48.8 Å². The van der Waals surface area contributed by atoms with Gasteiger partial charge in [0.05, 0.1) is 6.61 Å². The van der Waals surface area contributed by atoms with E-state index in [2.05, 4.69) is 16.9 Å². The van der Waals surface area contributed by atoms with Crippen LogP contribution in [0.15, 0.2) is 60.9 Å². The van der Waals surface area contributed by atoms with Gasteiger partial charge in [0.2, 0.25) is 0 Å². The van der Waals surface area contributed by atoms with Crippen molar-refractivity contribution in [2.75, 3.05) is 13.2 Å². The van der Waals surface area contributed by atoms with Gasteiger partial charge in [-0.25, -0.2) is 14.4 Å². The van der Waals surface area contributed by atoms with Gasteiger partial charge in [-0.2, -0.15) is 0 Å². The minimum Gasteiger partial charge on any atom is -0.494 e. The maximum absolute atomic E-state index is 12.9. The maximum Gasteiger partial charge on any atom is 0.159 e. The number of benzene rings is 2. The summed E-state index contributed by atoms with van der Waals surface area (Å²) in [5.74, 6) is 2.17. The van der Waals surface area contributed by atoms with Crippen molar-refractivity contribution >= 4 is 0 Å². The first kappa shape index (κ1) is 25.7. The number of halogens is 1. The molecule has 0 aliphatic rings. The molecule has 1 unspecified atom stereocenters. The molecule has 182 valence electrons. The lowest BCUT2D eigenvalue weighted by atomic mass is 10.1. The van der Waals surface area contributed by atoms with E-state index in [9.17, 15) is 4.39 Å². The van der Waals surface area contributed by atoms with Gasteiger partial charge in [-0.05, 0) is 55.3 Å². The van der Waals surface area contributed by atoms with Gasteiger partial charge < -0.3 is 9.47 Å². The van der Waals surface area contributed by atoms with Crippen LogP contribution in [0, 0.1) is 0 Å². The molecule has 0 N–H and O–H groups in total. The van der Waals surface area contributed by atoms with E-state index in [0.29, 0.717) is 11.6 Å². The molecule has 5 heteroatoms. The molecule has 0 spiro atoms. The van der Waals surface area contributed by atoms with Gasteiger partial charge in [-0.1, -0.05) is 64.0 Å². The number of rotatable bonds is 15. The lowest BCUT2D eigenvalue weighted by Gasteiger charge is -2.08. The zero-order valence-corrected chi connectivity index (χ0v) is 20.5. The van der Waals surface area contributed by atoms with Crippen LogP contribution in [0.2, 0.25) is 0 Å². The predicted octanol–water partition coefficient (Wildman–Crippen LogP) is 8.07. The highest BCUT2D eigenvalue weighted by atomic mass is 19.1. The molecule has 0 radical (unpaired) electrons. The molecule has 3 rings (SSSR count). The lowest BCUT2D eigenvalue weighted by molar-refractivity contribution is 0.210. The first-order valence-corrected chi connectivity index (χ1v) is 12.6. The highest BCUT2D eigenvalue weighted by Crippen LogP contribution is 2.24. The molecule has 34 heavy (non-hydrogen) atoms. The molecular formula is C29H37FN2O2. The molecule has 0 bridgehead atoms. The average Bonchev–Trinajstić information content (AvgIpc) is 2.87. The smallest absolute Gasteiger partial charge is 0.159 e. The lowest BCUT2D eigenvalue weighted by Crippen LogP contribution is -2.08. The number of aromatic nitrogens is 2. The van der Waals surface area contributed by atoms with Crippen LogP contribution in [-0.2, 0) is 0 Å². The predicted molar refractivity (Wildman–Crippen MR) is 137 cm³/mol. The van der Waals surface area contributed by atoms with Crippen molar-refractivity contribution < 1.29 is 13.9 Å². The Balaban J connectivity index is 1.43. The molecule has 0 fully saturated rings. The molecular weight excluding hydrogens is 427 g/mol. The Kier molecular flexibility index (Phi) is 10.8. The Morgan fingerprint density at radius 1 is 0.676 bits per heavy atom. The van der Waals surface area contributed by atoms with E-state index in [1.165, 1.54) is 51.9 Å². The van der Waals surface area contributed by atoms with Crippen LogP contribution in [0.4, 0.5) is 4.39 Å². The third-order valence-electron chi connectivity index (χ3n) is 5.70. The monoisotopic (exact) mass is 464 g/mol. The van der Waals surface area contributed by atoms with E-state index < -0.39 is 6.17 Å². The first-order valence-electron chi connectivity index (χ1n) is 12.6. The van der Waals surface area contributed by atoms with E-state index in [4.69, 9.17) is 9.47 Å². The van der Waals surface area contributed by atoms with Crippen LogP contribution in [0.1, 0.15) is 65.2 Å². The van der Waals surface area contributed by atoms with Crippen LogP contribution in [0.5, 0.6) is 11.5 Å². The molecule has 4 nitrogen and oxygen atoms in total. The van der Waals surface area contributed by atoms with Gasteiger partial charge in [0, 0.05) is 23.5 Å².